The summed E-state index contributed by atoms with van der Waals surface area (Å²) in [7, 11) is 0. The highest BCUT2D eigenvalue weighted by Crippen LogP contribution is 2.11. The molecule has 0 aliphatic rings. The molecule has 0 aromatic heterocycles. The first kappa shape index (κ1) is 14.6. The van der Waals surface area contributed by atoms with Crippen molar-refractivity contribution in [3.8, 4) is 0 Å². The molecule has 1 amide bonds. The van der Waals surface area contributed by atoms with E-state index in [9.17, 15) is 4.79 Å². The minimum absolute atomic E-state index is 0.244. The maximum absolute atomic E-state index is 12.0. The number of anilines is 1. The highest BCUT2D eigenvalue weighted by atomic mass is 16.2. The van der Waals surface area contributed by atoms with Gasteiger partial charge in [0.2, 0.25) is 5.91 Å². The zero-order valence-electron chi connectivity index (χ0n) is 11.5. The van der Waals surface area contributed by atoms with Gasteiger partial charge in [-0.25, -0.2) is 0 Å². The second kappa shape index (κ2) is 7.75. The lowest BCUT2D eigenvalue weighted by molar-refractivity contribution is -0.131. The lowest BCUT2D eigenvalue weighted by Crippen LogP contribution is -2.30. The largest absolute Gasteiger partial charge is 0.399 e. The van der Waals surface area contributed by atoms with Gasteiger partial charge in [0.25, 0.3) is 0 Å². The Morgan fingerprint density at radius 1 is 1.28 bits per heavy atom. The number of amides is 1. The summed E-state index contributed by atoms with van der Waals surface area (Å²) in [5.41, 5.74) is 7.60. The van der Waals surface area contributed by atoms with Crippen LogP contribution in [0, 0.1) is 0 Å². The number of unbranched alkanes of at least 4 members (excludes halogenated alkanes) is 2. The molecule has 18 heavy (non-hydrogen) atoms. The van der Waals surface area contributed by atoms with Crippen LogP contribution in [-0.2, 0) is 11.3 Å². The number of rotatable bonds is 7. The SMILES string of the molecule is CCCCCC(=O)N(CC)Cc1cccc(N)c1. The number of nitrogens with zero attached hydrogens (tertiary/aromatic N) is 1. The van der Waals surface area contributed by atoms with E-state index in [1.54, 1.807) is 0 Å². The molecule has 0 unspecified atom stereocenters. The summed E-state index contributed by atoms with van der Waals surface area (Å²) in [5.74, 6) is 0.244. The first-order valence-corrected chi connectivity index (χ1v) is 6.79. The monoisotopic (exact) mass is 248 g/mol. The van der Waals surface area contributed by atoms with Crippen LogP contribution in [0.1, 0.15) is 45.1 Å². The van der Waals surface area contributed by atoms with Crippen molar-refractivity contribution in [3.63, 3.8) is 0 Å². The fourth-order valence-corrected chi connectivity index (χ4v) is 1.97. The predicted molar refractivity (Wildman–Crippen MR) is 76.1 cm³/mol. The second-order valence-electron chi connectivity index (χ2n) is 4.61. The molecule has 0 bridgehead atoms. The molecule has 1 aromatic rings. The van der Waals surface area contributed by atoms with Gasteiger partial charge < -0.3 is 10.6 Å². The van der Waals surface area contributed by atoms with Crippen molar-refractivity contribution in [3.05, 3.63) is 29.8 Å². The van der Waals surface area contributed by atoms with E-state index in [0.29, 0.717) is 13.0 Å². The van der Waals surface area contributed by atoms with Gasteiger partial charge in [0.05, 0.1) is 0 Å². The van der Waals surface area contributed by atoms with Crippen LogP contribution in [0.15, 0.2) is 24.3 Å². The molecule has 0 saturated carbocycles. The molecule has 0 aliphatic carbocycles. The van der Waals surface area contributed by atoms with E-state index in [-0.39, 0.29) is 5.91 Å². The molecule has 100 valence electrons. The van der Waals surface area contributed by atoms with Crippen molar-refractivity contribution < 1.29 is 4.79 Å². The fourth-order valence-electron chi connectivity index (χ4n) is 1.97. The number of nitrogens with two attached hydrogens (primary N) is 1. The Hall–Kier alpha value is -1.51. The molecule has 3 nitrogen and oxygen atoms in total. The highest BCUT2D eigenvalue weighted by Gasteiger charge is 2.11. The molecule has 1 rings (SSSR count). The first-order valence-electron chi connectivity index (χ1n) is 6.79. The Morgan fingerprint density at radius 3 is 2.67 bits per heavy atom. The minimum atomic E-state index is 0.244. The van der Waals surface area contributed by atoms with Crippen LogP contribution < -0.4 is 5.73 Å². The van der Waals surface area contributed by atoms with E-state index in [0.717, 1.165) is 37.1 Å². The molecule has 1 aromatic carbocycles. The molecule has 0 atom stereocenters. The molecular weight excluding hydrogens is 224 g/mol. The number of benzene rings is 1. The second-order valence-corrected chi connectivity index (χ2v) is 4.61. The van der Waals surface area contributed by atoms with Crippen LogP contribution in [-0.4, -0.2) is 17.4 Å². The van der Waals surface area contributed by atoms with Crippen LogP contribution in [0.3, 0.4) is 0 Å². The Morgan fingerprint density at radius 2 is 2.06 bits per heavy atom. The van der Waals surface area contributed by atoms with E-state index in [1.807, 2.05) is 36.1 Å². The van der Waals surface area contributed by atoms with Gasteiger partial charge >= 0.3 is 0 Å². The predicted octanol–water partition coefficient (Wildman–Crippen LogP) is 3.20. The normalized spacial score (nSPS) is 10.3. The Balaban J connectivity index is 2.53. The smallest absolute Gasteiger partial charge is 0.222 e. The quantitative estimate of drug-likeness (QED) is 0.595. The van der Waals surface area contributed by atoms with Gasteiger partial charge in [-0.05, 0) is 31.0 Å². The molecular formula is C15H24N2O. The van der Waals surface area contributed by atoms with Gasteiger partial charge in [0.15, 0.2) is 0 Å². The molecule has 0 radical (unpaired) electrons. The Bertz CT molecular complexity index is 377. The molecule has 0 spiro atoms. The fraction of sp³-hybridized carbons (Fsp3) is 0.533. The van der Waals surface area contributed by atoms with Crippen LogP contribution in [0.2, 0.25) is 0 Å². The Kier molecular flexibility index (Phi) is 6.26. The summed E-state index contributed by atoms with van der Waals surface area (Å²) in [6, 6.07) is 7.74. The summed E-state index contributed by atoms with van der Waals surface area (Å²) in [5, 5.41) is 0. The van der Waals surface area contributed by atoms with Crippen LogP contribution in [0.5, 0.6) is 0 Å². The number of carbonyl (C=O) groups is 1. The summed E-state index contributed by atoms with van der Waals surface area (Å²) in [6.45, 7) is 5.57. The molecule has 0 aliphatic heterocycles. The average molecular weight is 248 g/mol. The summed E-state index contributed by atoms with van der Waals surface area (Å²) in [4.78, 5) is 13.9. The number of nitrogen functional groups attached to an aromatic ring is 1. The standard InChI is InChI=1S/C15H24N2O/c1-3-5-6-10-15(18)17(4-2)12-13-8-7-9-14(16)11-13/h7-9,11H,3-6,10,12,16H2,1-2H3. The lowest BCUT2D eigenvalue weighted by atomic mass is 10.1. The van der Waals surface area contributed by atoms with Gasteiger partial charge in [-0.1, -0.05) is 31.9 Å². The van der Waals surface area contributed by atoms with Crippen LogP contribution in [0.4, 0.5) is 5.69 Å². The van der Waals surface area contributed by atoms with E-state index in [1.165, 1.54) is 0 Å². The van der Waals surface area contributed by atoms with Crippen molar-refractivity contribution in [1.82, 2.24) is 4.90 Å². The number of hydrogen-bond acceptors (Lipinski definition) is 2. The average Bonchev–Trinajstić information content (AvgIpc) is 2.36. The zero-order valence-corrected chi connectivity index (χ0v) is 11.5. The summed E-state index contributed by atoms with van der Waals surface area (Å²) < 4.78 is 0. The maximum atomic E-state index is 12.0. The van der Waals surface area contributed by atoms with Crippen molar-refractivity contribution in [2.45, 2.75) is 46.1 Å². The van der Waals surface area contributed by atoms with Gasteiger partial charge in [-0.3, -0.25) is 4.79 Å². The number of carbonyl (C=O) groups excluding carboxylic acids is 1. The molecule has 0 fully saturated rings. The lowest BCUT2D eigenvalue weighted by Gasteiger charge is -2.21. The van der Waals surface area contributed by atoms with Gasteiger partial charge in [0, 0.05) is 25.2 Å². The van der Waals surface area contributed by atoms with E-state index < -0.39 is 0 Å². The van der Waals surface area contributed by atoms with E-state index in [4.69, 9.17) is 5.73 Å². The third kappa shape index (κ3) is 4.78. The van der Waals surface area contributed by atoms with Gasteiger partial charge in [-0.15, -0.1) is 0 Å². The van der Waals surface area contributed by atoms with Crippen LogP contribution >= 0.6 is 0 Å². The van der Waals surface area contributed by atoms with Crippen molar-refractivity contribution in [2.24, 2.45) is 0 Å². The van der Waals surface area contributed by atoms with Crippen molar-refractivity contribution in [1.29, 1.82) is 0 Å². The van der Waals surface area contributed by atoms with E-state index in [2.05, 4.69) is 6.92 Å². The molecule has 0 heterocycles. The molecule has 0 saturated heterocycles. The summed E-state index contributed by atoms with van der Waals surface area (Å²) >= 11 is 0. The maximum Gasteiger partial charge on any atom is 0.222 e. The third-order valence-electron chi connectivity index (χ3n) is 3.05. The first-order chi connectivity index (χ1) is 8.67. The summed E-state index contributed by atoms with van der Waals surface area (Å²) in [6.07, 6.45) is 3.92. The Labute approximate surface area is 110 Å². The van der Waals surface area contributed by atoms with Crippen molar-refractivity contribution in [2.75, 3.05) is 12.3 Å². The van der Waals surface area contributed by atoms with Crippen molar-refractivity contribution >= 4 is 11.6 Å². The van der Waals surface area contributed by atoms with Crippen LogP contribution in [0.25, 0.3) is 0 Å². The van der Waals surface area contributed by atoms with Gasteiger partial charge in [-0.2, -0.15) is 0 Å². The third-order valence-corrected chi connectivity index (χ3v) is 3.05. The minimum Gasteiger partial charge on any atom is -0.399 e. The molecule has 3 heteroatoms. The molecule has 2 N–H and O–H groups in total. The van der Waals surface area contributed by atoms with Gasteiger partial charge in [0.1, 0.15) is 0 Å². The van der Waals surface area contributed by atoms with E-state index >= 15 is 0 Å². The topological polar surface area (TPSA) is 46.3 Å². The zero-order chi connectivity index (χ0) is 13.4. The highest BCUT2D eigenvalue weighted by molar-refractivity contribution is 5.76. The number of hydrogen-bond donors (Lipinski definition) is 1.